The summed E-state index contributed by atoms with van der Waals surface area (Å²) in [5.74, 6) is -0.489. The fourth-order valence-electron chi connectivity index (χ4n) is 0.395. The highest BCUT2D eigenvalue weighted by molar-refractivity contribution is 6.54. The molecule has 1 rings (SSSR count). The number of aliphatic hydroxyl groups is 1. The molecule has 1 unspecified atom stereocenters. The summed E-state index contributed by atoms with van der Waals surface area (Å²) in [5.41, 5.74) is 0. The van der Waals surface area contributed by atoms with Crippen LogP contribution in [0.15, 0.2) is 10.1 Å². The molecule has 0 aromatic heterocycles. The minimum Gasteiger partial charge on any atom is -0.379 e. The third-order valence-corrected chi connectivity index (χ3v) is 1.80. The molecular formula is C4H2Cl2O2. The topological polar surface area (TPSA) is 37.3 Å². The zero-order valence-corrected chi connectivity index (χ0v) is 5.20. The molecule has 4 heteroatoms. The van der Waals surface area contributed by atoms with Gasteiger partial charge in [-0.15, -0.1) is 0 Å². The summed E-state index contributed by atoms with van der Waals surface area (Å²) in [6, 6.07) is 0. The van der Waals surface area contributed by atoms with E-state index in [9.17, 15) is 4.79 Å². The summed E-state index contributed by atoms with van der Waals surface area (Å²) in [4.78, 5) is 10.2. The van der Waals surface area contributed by atoms with Crippen molar-refractivity contribution in [1.29, 1.82) is 0 Å². The van der Waals surface area contributed by atoms with Crippen molar-refractivity contribution in [3.63, 3.8) is 0 Å². The third-order valence-electron chi connectivity index (χ3n) is 0.914. The van der Waals surface area contributed by atoms with Crippen LogP contribution in [0.2, 0.25) is 0 Å². The number of aliphatic hydroxyl groups excluding tert-OH is 1. The Bertz CT molecular complexity index is 173. The van der Waals surface area contributed by atoms with E-state index in [2.05, 4.69) is 0 Å². The first-order valence-corrected chi connectivity index (χ1v) is 2.67. The lowest BCUT2D eigenvalue weighted by Gasteiger charge is -2.17. The number of hydrogen-bond acceptors (Lipinski definition) is 2. The van der Waals surface area contributed by atoms with Gasteiger partial charge in [0.2, 0.25) is 5.78 Å². The van der Waals surface area contributed by atoms with E-state index in [0.29, 0.717) is 0 Å². The molecule has 0 aromatic rings. The first kappa shape index (κ1) is 6.08. The Hall–Kier alpha value is -0.0500. The Labute approximate surface area is 55.7 Å². The fraction of sp³-hybridized carbons (Fsp3) is 0.250. The quantitative estimate of drug-likeness (QED) is 0.553. The lowest BCUT2D eigenvalue weighted by Crippen LogP contribution is -2.31. The van der Waals surface area contributed by atoms with Gasteiger partial charge in [0.05, 0.1) is 5.03 Å². The smallest absolute Gasteiger partial charge is 0.209 e. The van der Waals surface area contributed by atoms with Gasteiger partial charge in [-0.3, -0.25) is 4.79 Å². The Balaban J connectivity index is 2.90. The molecule has 0 saturated heterocycles. The SMILES string of the molecule is O=C1C(Cl)=C(Cl)C1O. The lowest BCUT2D eigenvalue weighted by molar-refractivity contribution is -0.123. The van der Waals surface area contributed by atoms with Gasteiger partial charge >= 0.3 is 0 Å². The van der Waals surface area contributed by atoms with Crippen LogP contribution in [0.4, 0.5) is 0 Å². The molecular weight excluding hydrogens is 151 g/mol. The maximum absolute atomic E-state index is 10.2. The van der Waals surface area contributed by atoms with Crippen LogP contribution in [-0.4, -0.2) is 17.0 Å². The molecule has 0 heterocycles. The van der Waals surface area contributed by atoms with E-state index in [-0.39, 0.29) is 10.1 Å². The van der Waals surface area contributed by atoms with Crippen LogP contribution < -0.4 is 0 Å². The number of carbonyl (C=O) groups excluding carboxylic acids is 1. The molecule has 2 nitrogen and oxygen atoms in total. The van der Waals surface area contributed by atoms with Gasteiger partial charge in [-0.05, 0) is 0 Å². The highest BCUT2D eigenvalue weighted by Crippen LogP contribution is 2.30. The van der Waals surface area contributed by atoms with E-state index in [1.165, 1.54) is 0 Å². The average Bonchev–Trinajstić information content (AvgIpc) is 1.83. The lowest BCUT2D eigenvalue weighted by atomic mass is 10.1. The van der Waals surface area contributed by atoms with Crippen LogP contribution in [0, 0.1) is 0 Å². The van der Waals surface area contributed by atoms with Gasteiger partial charge in [-0.2, -0.15) is 0 Å². The van der Waals surface area contributed by atoms with Gasteiger partial charge in [-0.25, -0.2) is 0 Å². The van der Waals surface area contributed by atoms with Crippen LogP contribution >= 0.6 is 23.2 Å². The number of rotatable bonds is 0. The van der Waals surface area contributed by atoms with E-state index in [4.69, 9.17) is 28.3 Å². The van der Waals surface area contributed by atoms with Crippen molar-refractivity contribution < 1.29 is 9.90 Å². The molecule has 8 heavy (non-hydrogen) atoms. The van der Waals surface area contributed by atoms with Crippen LogP contribution in [0.3, 0.4) is 0 Å². The van der Waals surface area contributed by atoms with Gasteiger partial charge in [0.1, 0.15) is 5.03 Å². The largest absolute Gasteiger partial charge is 0.379 e. The van der Waals surface area contributed by atoms with Gasteiger partial charge in [-0.1, -0.05) is 23.2 Å². The number of hydrogen-bond donors (Lipinski definition) is 1. The normalized spacial score (nSPS) is 28.4. The molecule has 1 aliphatic carbocycles. The average molecular weight is 153 g/mol. The molecule has 1 N–H and O–H groups in total. The number of Topliss-reactive ketones (excluding diaryl/α,β-unsaturated/α-hetero) is 1. The summed E-state index contributed by atoms with van der Waals surface area (Å²) < 4.78 is 0. The highest BCUT2D eigenvalue weighted by Gasteiger charge is 2.35. The van der Waals surface area contributed by atoms with Gasteiger partial charge in [0.25, 0.3) is 0 Å². The number of halogens is 2. The molecule has 0 saturated carbocycles. The highest BCUT2D eigenvalue weighted by atomic mass is 35.5. The summed E-state index contributed by atoms with van der Waals surface area (Å²) in [6.07, 6.45) is -1.15. The third kappa shape index (κ3) is 0.573. The number of ketones is 1. The van der Waals surface area contributed by atoms with Crippen LogP contribution in [0.1, 0.15) is 0 Å². The van der Waals surface area contributed by atoms with Crippen LogP contribution in [-0.2, 0) is 4.79 Å². The van der Waals surface area contributed by atoms with Crippen LogP contribution in [0.25, 0.3) is 0 Å². The van der Waals surface area contributed by atoms with Gasteiger partial charge < -0.3 is 5.11 Å². The molecule has 0 amide bonds. The molecule has 0 radical (unpaired) electrons. The minimum absolute atomic E-state index is 0.0424. The molecule has 0 fully saturated rings. The molecule has 0 aliphatic heterocycles. The van der Waals surface area contributed by atoms with E-state index in [0.717, 1.165) is 0 Å². The summed E-state index contributed by atoms with van der Waals surface area (Å²) in [7, 11) is 0. The Morgan fingerprint density at radius 3 is 2.12 bits per heavy atom. The molecule has 1 atom stereocenters. The molecule has 0 aromatic carbocycles. The summed E-state index contributed by atoms with van der Waals surface area (Å²) in [5, 5.41) is 8.54. The monoisotopic (exact) mass is 152 g/mol. The first-order chi connectivity index (χ1) is 3.64. The zero-order chi connectivity index (χ0) is 6.31. The van der Waals surface area contributed by atoms with Crippen molar-refractivity contribution in [3.05, 3.63) is 10.1 Å². The van der Waals surface area contributed by atoms with E-state index >= 15 is 0 Å². The maximum atomic E-state index is 10.2. The Kier molecular flexibility index (Phi) is 1.31. The standard InChI is InChI=1S/C4H2Cl2O2/c5-1-2(6)4(8)3(1)7/h3,7H. The Morgan fingerprint density at radius 2 is 2.00 bits per heavy atom. The molecule has 0 bridgehead atoms. The Morgan fingerprint density at radius 1 is 1.50 bits per heavy atom. The summed E-state index contributed by atoms with van der Waals surface area (Å²) >= 11 is 10.4. The first-order valence-electron chi connectivity index (χ1n) is 1.92. The number of carbonyl (C=O) groups is 1. The maximum Gasteiger partial charge on any atom is 0.209 e. The van der Waals surface area contributed by atoms with Crippen molar-refractivity contribution in [2.24, 2.45) is 0 Å². The fourth-order valence-corrected chi connectivity index (χ4v) is 0.794. The van der Waals surface area contributed by atoms with Crippen molar-refractivity contribution in [1.82, 2.24) is 0 Å². The second-order valence-corrected chi connectivity index (χ2v) is 2.21. The van der Waals surface area contributed by atoms with Crippen molar-refractivity contribution in [2.45, 2.75) is 6.10 Å². The predicted molar refractivity (Wildman–Crippen MR) is 29.7 cm³/mol. The molecule has 44 valence electrons. The predicted octanol–water partition coefficient (Wildman–Crippen LogP) is 0.619. The minimum atomic E-state index is -1.15. The van der Waals surface area contributed by atoms with E-state index in [1.54, 1.807) is 0 Å². The van der Waals surface area contributed by atoms with Crippen molar-refractivity contribution in [2.75, 3.05) is 0 Å². The van der Waals surface area contributed by atoms with E-state index in [1.807, 2.05) is 0 Å². The second-order valence-electron chi connectivity index (χ2n) is 1.43. The van der Waals surface area contributed by atoms with Gasteiger partial charge in [0, 0.05) is 0 Å². The molecule has 0 spiro atoms. The van der Waals surface area contributed by atoms with Gasteiger partial charge in [0.15, 0.2) is 6.10 Å². The second kappa shape index (κ2) is 1.72. The van der Waals surface area contributed by atoms with Crippen molar-refractivity contribution in [3.8, 4) is 0 Å². The van der Waals surface area contributed by atoms with E-state index < -0.39 is 11.9 Å². The van der Waals surface area contributed by atoms with Crippen LogP contribution in [0.5, 0.6) is 0 Å². The molecule has 1 aliphatic rings. The zero-order valence-electron chi connectivity index (χ0n) is 3.69. The van der Waals surface area contributed by atoms with Crippen molar-refractivity contribution >= 4 is 29.0 Å². The summed E-state index contributed by atoms with van der Waals surface area (Å²) in [6.45, 7) is 0.